The third-order valence-electron chi connectivity index (χ3n) is 4.12. The number of halogens is 2. The number of amides is 1. The lowest BCUT2D eigenvalue weighted by Gasteiger charge is -2.25. The summed E-state index contributed by atoms with van der Waals surface area (Å²) in [4.78, 5) is 36.0. The Balaban J connectivity index is 2.39. The Morgan fingerprint density at radius 3 is 2.30 bits per heavy atom. The van der Waals surface area contributed by atoms with Gasteiger partial charge in [-0.25, -0.2) is 13.6 Å². The second kappa shape index (κ2) is 7.90. The molecule has 0 bridgehead atoms. The van der Waals surface area contributed by atoms with Gasteiger partial charge in [-0.2, -0.15) is 0 Å². The van der Waals surface area contributed by atoms with Crippen molar-refractivity contribution >= 4 is 17.6 Å². The summed E-state index contributed by atoms with van der Waals surface area (Å²) in [7, 11) is 2.52. The standard InChI is InChI=1S/C18H16F2N2O5/c1-10(11-4-5-15(19)16(20)9-11)21(2)17(23)12-6-13(18(24)27-3)8-14(7-12)22(25)26/h4-10H,1-3H3. The van der Waals surface area contributed by atoms with Gasteiger partial charge in [0.25, 0.3) is 11.6 Å². The van der Waals surface area contributed by atoms with E-state index >= 15 is 0 Å². The summed E-state index contributed by atoms with van der Waals surface area (Å²) in [5, 5.41) is 11.1. The molecule has 2 rings (SSSR count). The average molecular weight is 378 g/mol. The Hall–Kier alpha value is -3.36. The summed E-state index contributed by atoms with van der Waals surface area (Å²) in [6, 6.07) is 5.80. The molecule has 0 spiro atoms. The van der Waals surface area contributed by atoms with E-state index in [1.807, 2.05) is 0 Å². The van der Waals surface area contributed by atoms with Gasteiger partial charge >= 0.3 is 5.97 Å². The summed E-state index contributed by atoms with van der Waals surface area (Å²) < 4.78 is 31.1. The first kappa shape index (κ1) is 20.0. The van der Waals surface area contributed by atoms with Gasteiger partial charge in [0.1, 0.15) is 0 Å². The summed E-state index contributed by atoms with van der Waals surface area (Å²) >= 11 is 0. The molecule has 0 aliphatic rings. The van der Waals surface area contributed by atoms with E-state index in [-0.39, 0.29) is 11.1 Å². The average Bonchev–Trinajstić information content (AvgIpc) is 2.67. The molecule has 27 heavy (non-hydrogen) atoms. The van der Waals surface area contributed by atoms with Crippen LogP contribution in [0.5, 0.6) is 0 Å². The first-order valence-electron chi connectivity index (χ1n) is 7.75. The molecule has 0 saturated heterocycles. The molecule has 2 aromatic carbocycles. The van der Waals surface area contributed by atoms with Crippen LogP contribution in [0, 0.1) is 21.7 Å². The number of non-ortho nitro benzene ring substituents is 1. The van der Waals surface area contributed by atoms with Gasteiger partial charge < -0.3 is 9.64 Å². The first-order valence-corrected chi connectivity index (χ1v) is 7.75. The Morgan fingerprint density at radius 2 is 1.74 bits per heavy atom. The molecule has 0 aromatic heterocycles. The number of carbonyl (C=O) groups is 2. The van der Waals surface area contributed by atoms with Crippen molar-refractivity contribution < 1.29 is 28.0 Å². The number of ether oxygens (including phenoxy) is 1. The third kappa shape index (κ3) is 4.25. The SMILES string of the molecule is COC(=O)c1cc(C(=O)N(C)C(C)c2ccc(F)c(F)c2)cc([N+](=O)[O-])c1. The zero-order valence-corrected chi connectivity index (χ0v) is 14.7. The van der Waals surface area contributed by atoms with Crippen molar-refractivity contribution in [3.63, 3.8) is 0 Å². The van der Waals surface area contributed by atoms with Crippen LogP contribution in [-0.2, 0) is 4.74 Å². The second-order valence-electron chi connectivity index (χ2n) is 5.78. The van der Waals surface area contributed by atoms with Crippen molar-refractivity contribution in [1.82, 2.24) is 4.90 Å². The van der Waals surface area contributed by atoms with Crippen LogP contribution in [0.4, 0.5) is 14.5 Å². The van der Waals surface area contributed by atoms with Gasteiger partial charge in [-0.15, -0.1) is 0 Å². The van der Waals surface area contributed by atoms with Gasteiger partial charge in [-0.05, 0) is 30.7 Å². The number of carbonyl (C=O) groups excluding carboxylic acids is 2. The van der Waals surface area contributed by atoms with Gasteiger partial charge in [0.15, 0.2) is 11.6 Å². The van der Waals surface area contributed by atoms with Crippen LogP contribution in [0.25, 0.3) is 0 Å². The van der Waals surface area contributed by atoms with Crippen molar-refractivity contribution in [3.8, 4) is 0 Å². The maximum Gasteiger partial charge on any atom is 0.338 e. The van der Waals surface area contributed by atoms with Crippen molar-refractivity contribution in [3.05, 3.63) is 74.8 Å². The van der Waals surface area contributed by atoms with Gasteiger partial charge in [0, 0.05) is 24.7 Å². The topological polar surface area (TPSA) is 89.8 Å². The molecular weight excluding hydrogens is 362 g/mol. The maximum absolute atomic E-state index is 13.4. The number of nitro groups is 1. The minimum absolute atomic E-state index is 0.110. The summed E-state index contributed by atoms with van der Waals surface area (Å²) in [5.41, 5.74) is -0.371. The molecule has 9 heteroatoms. The molecule has 0 aliphatic heterocycles. The largest absolute Gasteiger partial charge is 0.465 e. The van der Waals surface area contributed by atoms with E-state index in [1.165, 1.54) is 24.1 Å². The zero-order valence-electron chi connectivity index (χ0n) is 14.7. The number of hydrogen-bond acceptors (Lipinski definition) is 5. The number of nitrogens with zero attached hydrogens (tertiary/aromatic N) is 2. The number of benzene rings is 2. The van der Waals surface area contributed by atoms with Crippen LogP contribution in [0.2, 0.25) is 0 Å². The Morgan fingerprint density at radius 1 is 1.11 bits per heavy atom. The normalized spacial score (nSPS) is 11.6. The monoisotopic (exact) mass is 378 g/mol. The molecular formula is C18H16F2N2O5. The van der Waals surface area contributed by atoms with E-state index in [2.05, 4.69) is 4.74 Å². The second-order valence-corrected chi connectivity index (χ2v) is 5.78. The molecule has 0 N–H and O–H groups in total. The fourth-order valence-corrected chi connectivity index (χ4v) is 2.45. The molecule has 1 amide bonds. The number of esters is 1. The van der Waals surface area contributed by atoms with Gasteiger partial charge in [-0.1, -0.05) is 6.07 Å². The first-order chi connectivity index (χ1) is 12.6. The molecule has 0 heterocycles. The third-order valence-corrected chi connectivity index (χ3v) is 4.12. The number of nitro benzene ring substituents is 1. The molecule has 7 nitrogen and oxygen atoms in total. The highest BCUT2D eigenvalue weighted by Gasteiger charge is 2.24. The smallest absolute Gasteiger partial charge is 0.338 e. The Bertz CT molecular complexity index is 917. The van der Waals surface area contributed by atoms with Crippen molar-refractivity contribution in [1.29, 1.82) is 0 Å². The molecule has 0 fully saturated rings. The highest BCUT2D eigenvalue weighted by atomic mass is 19.2. The van der Waals surface area contributed by atoms with Gasteiger partial charge in [-0.3, -0.25) is 14.9 Å². The zero-order chi connectivity index (χ0) is 20.3. The fourth-order valence-electron chi connectivity index (χ4n) is 2.45. The van der Waals surface area contributed by atoms with Gasteiger partial charge in [0.05, 0.1) is 23.6 Å². The molecule has 1 atom stereocenters. The van der Waals surface area contributed by atoms with Crippen molar-refractivity contribution in [2.24, 2.45) is 0 Å². The molecule has 0 aliphatic carbocycles. The number of hydrogen-bond donors (Lipinski definition) is 0. The minimum Gasteiger partial charge on any atom is -0.465 e. The Kier molecular flexibility index (Phi) is 5.84. The summed E-state index contributed by atoms with van der Waals surface area (Å²) in [5.74, 6) is -3.53. The number of rotatable bonds is 5. The maximum atomic E-state index is 13.4. The molecule has 0 radical (unpaired) electrons. The Labute approximate surface area is 153 Å². The van der Waals surface area contributed by atoms with Crippen LogP contribution >= 0.6 is 0 Å². The molecule has 142 valence electrons. The fraction of sp³-hybridized carbons (Fsp3) is 0.222. The lowest BCUT2D eigenvalue weighted by atomic mass is 10.0. The lowest BCUT2D eigenvalue weighted by Crippen LogP contribution is -2.30. The van der Waals surface area contributed by atoms with Crippen LogP contribution in [-0.4, -0.2) is 35.9 Å². The van der Waals surface area contributed by atoms with Crippen molar-refractivity contribution in [2.75, 3.05) is 14.2 Å². The van der Waals surface area contributed by atoms with Crippen molar-refractivity contribution in [2.45, 2.75) is 13.0 Å². The molecule has 0 saturated carbocycles. The van der Waals surface area contributed by atoms with E-state index in [9.17, 15) is 28.5 Å². The van der Waals surface area contributed by atoms with E-state index in [4.69, 9.17) is 0 Å². The van der Waals surface area contributed by atoms with Gasteiger partial charge in [0.2, 0.25) is 0 Å². The summed E-state index contributed by atoms with van der Waals surface area (Å²) in [6.07, 6.45) is 0. The highest BCUT2D eigenvalue weighted by Crippen LogP contribution is 2.25. The van der Waals surface area contributed by atoms with E-state index in [0.717, 1.165) is 31.4 Å². The summed E-state index contributed by atoms with van der Waals surface area (Å²) in [6.45, 7) is 1.59. The van der Waals surface area contributed by atoms with Crippen LogP contribution in [0.1, 0.15) is 39.2 Å². The van der Waals surface area contributed by atoms with E-state index < -0.39 is 40.2 Å². The predicted octanol–water partition coefficient (Wildman–Crippen LogP) is 3.49. The number of methoxy groups -OCH3 is 1. The van der Waals surface area contributed by atoms with E-state index in [0.29, 0.717) is 5.56 Å². The molecule has 1 unspecified atom stereocenters. The minimum atomic E-state index is -1.05. The van der Waals surface area contributed by atoms with E-state index in [1.54, 1.807) is 6.92 Å². The predicted molar refractivity (Wildman–Crippen MR) is 91.3 cm³/mol. The lowest BCUT2D eigenvalue weighted by molar-refractivity contribution is -0.384. The van der Waals surface area contributed by atoms with Crippen LogP contribution in [0.15, 0.2) is 36.4 Å². The van der Waals surface area contributed by atoms with Crippen LogP contribution in [0.3, 0.4) is 0 Å². The quantitative estimate of drug-likeness (QED) is 0.451. The van der Waals surface area contributed by atoms with Crippen LogP contribution < -0.4 is 0 Å². The molecule has 2 aromatic rings. The highest BCUT2D eigenvalue weighted by molar-refractivity contribution is 5.99.